The Morgan fingerprint density at radius 1 is 1.04 bits per heavy atom. The molecule has 0 amide bonds. The molecule has 0 aromatic heterocycles. The van der Waals surface area contributed by atoms with E-state index in [1.54, 1.807) is 0 Å². The summed E-state index contributed by atoms with van der Waals surface area (Å²) in [6.45, 7) is 3.72. The summed E-state index contributed by atoms with van der Waals surface area (Å²) < 4.78 is 0. The van der Waals surface area contributed by atoms with Crippen molar-refractivity contribution in [3.63, 3.8) is 0 Å². The minimum atomic E-state index is 0. The molecule has 2 aromatic rings. The van der Waals surface area contributed by atoms with Crippen LogP contribution in [0, 0.1) is 0 Å². The molecule has 124 valence electrons. The van der Waals surface area contributed by atoms with Crippen molar-refractivity contribution in [3.8, 4) is 0 Å². The van der Waals surface area contributed by atoms with Crippen molar-refractivity contribution in [1.82, 2.24) is 5.32 Å². The first-order chi connectivity index (χ1) is 10.8. The summed E-state index contributed by atoms with van der Waals surface area (Å²) in [5.41, 5.74) is 8.59. The molecule has 1 atom stereocenters. The second-order valence-electron chi connectivity index (χ2n) is 5.40. The highest BCUT2D eigenvalue weighted by molar-refractivity contribution is 14.0. The predicted octanol–water partition coefficient (Wildman–Crippen LogP) is 3.95. The first-order valence-electron chi connectivity index (χ1n) is 7.92. The van der Waals surface area contributed by atoms with Crippen LogP contribution in [0.1, 0.15) is 30.4 Å². The topological polar surface area (TPSA) is 50.4 Å². The fourth-order valence-electron chi connectivity index (χ4n) is 2.44. The first kappa shape index (κ1) is 19.5. The minimum absolute atomic E-state index is 0. The zero-order valence-electron chi connectivity index (χ0n) is 13.6. The summed E-state index contributed by atoms with van der Waals surface area (Å²) in [5.74, 6) is 0.959. The van der Waals surface area contributed by atoms with Crippen molar-refractivity contribution in [2.45, 2.75) is 25.7 Å². The van der Waals surface area contributed by atoms with Crippen molar-refractivity contribution < 1.29 is 0 Å². The van der Waals surface area contributed by atoms with Crippen LogP contribution in [0.4, 0.5) is 0 Å². The number of nitrogens with one attached hydrogen (secondary N) is 1. The van der Waals surface area contributed by atoms with Crippen LogP contribution in [0.3, 0.4) is 0 Å². The van der Waals surface area contributed by atoms with Gasteiger partial charge >= 0.3 is 0 Å². The number of hydrogen-bond acceptors (Lipinski definition) is 1. The molecular formula is C19H26IN3. The number of guanidine groups is 1. The molecule has 2 aromatic carbocycles. The lowest BCUT2D eigenvalue weighted by Gasteiger charge is -2.13. The molecule has 4 heteroatoms. The summed E-state index contributed by atoms with van der Waals surface area (Å²) in [4.78, 5) is 4.49. The standard InChI is InChI=1S/C19H25N3.HI/c1-2-17(18-11-7-4-8-12-18)15-22-19(20)21-14-13-16-9-5-3-6-10-16;/h3-12,17H,2,13-15H2,1H3,(H3,20,21,22);1H. The van der Waals surface area contributed by atoms with Gasteiger partial charge in [-0.15, -0.1) is 24.0 Å². The Balaban J connectivity index is 0.00000264. The second kappa shape index (κ2) is 11.0. The van der Waals surface area contributed by atoms with Gasteiger partial charge in [-0.3, -0.25) is 4.99 Å². The van der Waals surface area contributed by atoms with E-state index in [1.165, 1.54) is 11.1 Å². The van der Waals surface area contributed by atoms with Crippen LogP contribution >= 0.6 is 24.0 Å². The molecule has 3 N–H and O–H groups in total. The van der Waals surface area contributed by atoms with Crippen LogP contribution in [-0.2, 0) is 6.42 Å². The van der Waals surface area contributed by atoms with Gasteiger partial charge in [0.15, 0.2) is 5.96 Å². The van der Waals surface area contributed by atoms with Gasteiger partial charge in [0.05, 0.1) is 0 Å². The Bertz CT molecular complexity index is 570. The van der Waals surface area contributed by atoms with Gasteiger partial charge in [-0.25, -0.2) is 0 Å². The number of nitrogens with zero attached hydrogens (tertiary/aromatic N) is 1. The molecule has 0 radical (unpaired) electrons. The summed E-state index contributed by atoms with van der Waals surface area (Å²) >= 11 is 0. The number of benzene rings is 2. The average molecular weight is 423 g/mol. The molecule has 3 nitrogen and oxygen atoms in total. The van der Waals surface area contributed by atoms with Gasteiger partial charge in [-0.1, -0.05) is 67.6 Å². The molecule has 0 spiro atoms. The van der Waals surface area contributed by atoms with Crippen LogP contribution in [0.5, 0.6) is 0 Å². The summed E-state index contributed by atoms with van der Waals surface area (Å²) in [7, 11) is 0. The van der Waals surface area contributed by atoms with Gasteiger partial charge in [-0.2, -0.15) is 0 Å². The SMILES string of the molecule is CCC(CN=C(N)NCCc1ccccc1)c1ccccc1.I. The average Bonchev–Trinajstić information content (AvgIpc) is 2.57. The maximum atomic E-state index is 5.96. The number of aliphatic imine (C=N–C) groups is 1. The molecule has 0 aliphatic rings. The quantitative estimate of drug-likeness (QED) is 0.403. The molecule has 0 fully saturated rings. The van der Waals surface area contributed by atoms with E-state index in [1.807, 2.05) is 12.1 Å². The molecule has 23 heavy (non-hydrogen) atoms. The molecule has 0 heterocycles. The predicted molar refractivity (Wildman–Crippen MR) is 110 cm³/mol. The van der Waals surface area contributed by atoms with Crippen LogP contribution in [0.15, 0.2) is 65.7 Å². The zero-order chi connectivity index (χ0) is 15.6. The molecular weight excluding hydrogens is 397 g/mol. The van der Waals surface area contributed by atoms with E-state index in [9.17, 15) is 0 Å². The third kappa shape index (κ3) is 7.03. The number of nitrogens with two attached hydrogens (primary N) is 1. The molecule has 0 saturated heterocycles. The maximum Gasteiger partial charge on any atom is 0.188 e. The lowest BCUT2D eigenvalue weighted by Crippen LogP contribution is -2.33. The fraction of sp³-hybridized carbons (Fsp3) is 0.316. The third-order valence-electron chi connectivity index (χ3n) is 3.81. The maximum absolute atomic E-state index is 5.96. The minimum Gasteiger partial charge on any atom is -0.370 e. The van der Waals surface area contributed by atoms with Crippen LogP contribution in [0.25, 0.3) is 0 Å². The van der Waals surface area contributed by atoms with E-state index in [-0.39, 0.29) is 24.0 Å². The normalized spacial score (nSPS) is 12.3. The fourth-order valence-corrected chi connectivity index (χ4v) is 2.44. The largest absolute Gasteiger partial charge is 0.370 e. The smallest absolute Gasteiger partial charge is 0.188 e. The van der Waals surface area contributed by atoms with Gasteiger partial charge < -0.3 is 11.1 Å². The number of rotatable bonds is 7. The zero-order valence-corrected chi connectivity index (χ0v) is 15.9. The molecule has 0 aliphatic carbocycles. The Kier molecular flexibility index (Phi) is 9.36. The Morgan fingerprint density at radius 2 is 1.65 bits per heavy atom. The van der Waals surface area contributed by atoms with Crippen molar-refractivity contribution in [3.05, 3.63) is 71.8 Å². The number of halogens is 1. The second-order valence-corrected chi connectivity index (χ2v) is 5.40. The molecule has 0 saturated carbocycles. The van der Waals surface area contributed by atoms with E-state index in [2.05, 4.69) is 65.8 Å². The van der Waals surface area contributed by atoms with Crippen LogP contribution in [-0.4, -0.2) is 19.0 Å². The number of hydrogen-bond donors (Lipinski definition) is 2. The van der Waals surface area contributed by atoms with Gasteiger partial charge in [0, 0.05) is 19.0 Å². The van der Waals surface area contributed by atoms with E-state index >= 15 is 0 Å². The Morgan fingerprint density at radius 3 is 2.26 bits per heavy atom. The molecule has 1 unspecified atom stereocenters. The van der Waals surface area contributed by atoms with Crippen molar-refractivity contribution >= 4 is 29.9 Å². The lowest BCUT2D eigenvalue weighted by atomic mass is 9.97. The Labute approximate surface area is 156 Å². The van der Waals surface area contributed by atoms with E-state index in [0.717, 1.165) is 25.9 Å². The van der Waals surface area contributed by atoms with Crippen molar-refractivity contribution in [2.24, 2.45) is 10.7 Å². The van der Waals surface area contributed by atoms with Crippen molar-refractivity contribution in [2.75, 3.05) is 13.1 Å². The van der Waals surface area contributed by atoms with Gasteiger partial charge in [0.1, 0.15) is 0 Å². The lowest BCUT2D eigenvalue weighted by molar-refractivity contribution is 0.671. The van der Waals surface area contributed by atoms with Crippen LogP contribution < -0.4 is 11.1 Å². The Hall–Kier alpha value is -1.56. The van der Waals surface area contributed by atoms with Crippen molar-refractivity contribution in [1.29, 1.82) is 0 Å². The highest BCUT2D eigenvalue weighted by atomic mass is 127. The highest BCUT2D eigenvalue weighted by Crippen LogP contribution is 2.19. The monoisotopic (exact) mass is 423 g/mol. The summed E-state index contributed by atoms with van der Waals surface area (Å²) in [6.07, 6.45) is 2.01. The molecule has 0 aliphatic heterocycles. The van der Waals surface area contributed by atoms with Gasteiger partial charge in [0.2, 0.25) is 0 Å². The third-order valence-corrected chi connectivity index (χ3v) is 3.81. The van der Waals surface area contributed by atoms with E-state index in [4.69, 9.17) is 5.73 Å². The van der Waals surface area contributed by atoms with Gasteiger partial charge in [0.25, 0.3) is 0 Å². The van der Waals surface area contributed by atoms with Crippen LogP contribution in [0.2, 0.25) is 0 Å². The van der Waals surface area contributed by atoms with E-state index < -0.39 is 0 Å². The molecule has 0 bridgehead atoms. The summed E-state index contributed by atoms with van der Waals surface area (Å²) in [6, 6.07) is 20.9. The molecule has 2 rings (SSSR count). The van der Waals surface area contributed by atoms with E-state index in [0.29, 0.717) is 11.9 Å². The first-order valence-corrected chi connectivity index (χ1v) is 7.92. The summed E-state index contributed by atoms with van der Waals surface area (Å²) in [5, 5.41) is 3.19. The van der Waals surface area contributed by atoms with Gasteiger partial charge in [-0.05, 0) is 24.0 Å². The highest BCUT2D eigenvalue weighted by Gasteiger charge is 2.07.